The van der Waals surface area contributed by atoms with Crippen molar-refractivity contribution in [3.05, 3.63) is 29.8 Å². The Labute approximate surface area is 122 Å². The molecule has 0 aromatic heterocycles. The van der Waals surface area contributed by atoms with E-state index in [2.05, 4.69) is 6.92 Å². The lowest BCUT2D eigenvalue weighted by atomic mass is 10.0. The molecule has 5 heteroatoms. The van der Waals surface area contributed by atoms with Crippen LogP contribution in [0, 0.1) is 0 Å². The van der Waals surface area contributed by atoms with Crippen LogP contribution in [0.5, 0.6) is 5.75 Å². The third-order valence-electron chi connectivity index (χ3n) is 3.10. The van der Waals surface area contributed by atoms with Gasteiger partial charge in [-0.05, 0) is 37.0 Å². The van der Waals surface area contributed by atoms with E-state index >= 15 is 0 Å². The molecule has 1 unspecified atom stereocenters. The summed E-state index contributed by atoms with van der Waals surface area (Å²) in [5.41, 5.74) is 7.04. The third-order valence-corrected chi connectivity index (χ3v) is 4.92. The molecular weight excluding hydrogens is 274 g/mol. The Morgan fingerprint density at radius 1 is 1.25 bits per heavy atom. The number of hydrogen-bond acceptors (Lipinski definition) is 4. The van der Waals surface area contributed by atoms with Crippen LogP contribution in [-0.2, 0) is 16.3 Å². The van der Waals surface area contributed by atoms with E-state index in [9.17, 15) is 8.42 Å². The second-order valence-corrected chi connectivity index (χ2v) is 7.32. The molecule has 0 aliphatic rings. The molecule has 1 aromatic rings. The molecule has 0 heterocycles. The molecule has 4 nitrogen and oxygen atoms in total. The lowest BCUT2D eigenvalue weighted by Crippen LogP contribution is -2.21. The smallest absolute Gasteiger partial charge is 0.153 e. The van der Waals surface area contributed by atoms with Crippen LogP contribution in [0.4, 0.5) is 0 Å². The molecule has 0 amide bonds. The molecule has 0 aliphatic heterocycles. The van der Waals surface area contributed by atoms with Crippen LogP contribution >= 0.6 is 0 Å². The Morgan fingerprint density at radius 3 is 2.65 bits per heavy atom. The summed E-state index contributed by atoms with van der Waals surface area (Å²) in [4.78, 5) is 0. The zero-order chi connectivity index (χ0) is 15.0. The monoisotopic (exact) mass is 299 g/mol. The summed E-state index contributed by atoms with van der Waals surface area (Å²) in [6.45, 7) is 4.12. The van der Waals surface area contributed by atoms with Crippen LogP contribution in [0.15, 0.2) is 24.3 Å². The zero-order valence-corrected chi connectivity index (χ0v) is 13.2. The first-order valence-corrected chi connectivity index (χ1v) is 8.96. The van der Waals surface area contributed by atoms with Crippen molar-refractivity contribution < 1.29 is 13.2 Å². The van der Waals surface area contributed by atoms with Crippen molar-refractivity contribution in [2.75, 3.05) is 18.1 Å². The fourth-order valence-corrected chi connectivity index (χ4v) is 3.07. The average Bonchev–Trinajstić information content (AvgIpc) is 2.38. The highest BCUT2D eigenvalue weighted by Gasteiger charge is 2.09. The van der Waals surface area contributed by atoms with Gasteiger partial charge in [-0.15, -0.1) is 0 Å². The van der Waals surface area contributed by atoms with E-state index in [1.165, 1.54) is 0 Å². The second kappa shape index (κ2) is 8.27. The van der Waals surface area contributed by atoms with Crippen molar-refractivity contribution in [3.63, 3.8) is 0 Å². The molecule has 0 saturated heterocycles. The number of ether oxygens (including phenoxy) is 1. The fourth-order valence-electron chi connectivity index (χ4n) is 1.91. The lowest BCUT2D eigenvalue weighted by Gasteiger charge is -2.11. The van der Waals surface area contributed by atoms with Crippen LogP contribution in [0.3, 0.4) is 0 Å². The van der Waals surface area contributed by atoms with Gasteiger partial charge in [-0.1, -0.05) is 26.0 Å². The molecule has 0 saturated carbocycles. The van der Waals surface area contributed by atoms with E-state index in [-0.39, 0.29) is 24.2 Å². The second-order valence-electron chi connectivity index (χ2n) is 5.02. The third kappa shape index (κ3) is 6.39. The molecule has 1 aromatic carbocycles. The molecular formula is C15H25NO3S. The molecule has 0 spiro atoms. The summed E-state index contributed by atoms with van der Waals surface area (Å²) >= 11 is 0. The van der Waals surface area contributed by atoms with E-state index in [0.29, 0.717) is 12.2 Å². The first-order chi connectivity index (χ1) is 9.46. The highest BCUT2D eigenvalue weighted by atomic mass is 32.2. The van der Waals surface area contributed by atoms with Crippen LogP contribution < -0.4 is 10.5 Å². The van der Waals surface area contributed by atoms with Gasteiger partial charge in [-0.25, -0.2) is 8.42 Å². The van der Waals surface area contributed by atoms with Gasteiger partial charge in [0.2, 0.25) is 0 Å². The van der Waals surface area contributed by atoms with Crippen LogP contribution in [0.2, 0.25) is 0 Å². The fraction of sp³-hybridized carbons (Fsp3) is 0.600. The van der Waals surface area contributed by atoms with Gasteiger partial charge in [0.05, 0.1) is 11.5 Å². The first-order valence-electron chi connectivity index (χ1n) is 7.14. The van der Waals surface area contributed by atoms with E-state index in [4.69, 9.17) is 10.5 Å². The molecule has 0 bridgehead atoms. The van der Waals surface area contributed by atoms with Gasteiger partial charge < -0.3 is 10.5 Å². The summed E-state index contributed by atoms with van der Waals surface area (Å²) < 4.78 is 28.7. The van der Waals surface area contributed by atoms with Crippen molar-refractivity contribution in [1.82, 2.24) is 0 Å². The van der Waals surface area contributed by atoms with E-state index in [1.807, 2.05) is 31.2 Å². The minimum atomic E-state index is -2.98. The van der Waals surface area contributed by atoms with Crippen molar-refractivity contribution in [2.45, 2.75) is 39.2 Å². The Kier molecular flexibility index (Phi) is 7.02. The molecule has 1 rings (SSSR count). The van der Waals surface area contributed by atoms with Gasteiger partial charge in [-0.3, -0.25) is 0 Å². The first kappa shape index (κ1) is 17.0. The van der Waals surface area contributed by atoms with Crippen molar-refractivity contribution in [1.29, 1.82) is 0 Å². The largest absolute Gasteiger partial charge is 0.493 e. The molecule has 20 heavy (non-hydrogen) atoms. The van der Waals surface area contributed by atoms with Gasteiger partial charge >= 0.3 is 0 Å². The highest BCUT2D eigenvalue weighted by Crippen LogP contribution is 2.15. The van der Waals surface area contributed by atoms with Crippen LogP contribution in [0.25, 0.3) is 0 Å². The molecule has 1 atom stereocenters. The minimum absolute atomic E-state index is 0.0690. The molecule has 0 radical (unpaired) electrons. The summed E-state index contributed by atoms with van der Waals surface area (Å²) in [5.74, 6) is 0.999. The zero-order valence-electron chi connectivity index (χ0n) is 12.3. The van der Waals surface area contributed by atoms with Gasteiger partial charge in [0.25, 0.3) is 0 Å². The average molecular weight is 299 g/mol. The van der Waals surface area contributed by atoms with Crippen molar-refractivity contribution in [2.24, 2.45) is 5.73 Å². The number of benzene rings is 1. The summed E-state index contributed by atoms with van der Waals surface area (Å²) in [5, 5.41) is 0. The van der Waals surface area contributed by atoms with E-state index in [1.54, 1.807) is 0 Å². The summed E-state index contributed by atoms with van der Waals surface area (Å²) in [6.07, 6.45) is 2.38. The van der Waals surface area contributed by atoms with E-state index in [0.717, 1.165) is 18.4 Å². The standard InChI is InChI=1S/C15H25NO3S/c1-3-9-20(17,18)10-8-19-15-7-5-6-13(12-15)11-14(16)4-2/h5-7,12,14H,3-4,8-11,16H2,1-2H3. The van der Waals surface area contributed by atoms with Crippen molar-refractivity contribution >= 4 is 9.84 Å². The Hall–Kier alpha value is -1.07. The Bertz CT molecular complexity index is 500. The number of nitrogens with two attached hydrogens (primary N) is 1. The quantitative estimate of drug-likeness (QED) is 0.758. The molecule has 2 N–H and O–H groups in total. The minimum Gasteiger partial charge on any atom is -0.493 e. The number of hydrogen-bond donors (Lipinski definition) is 1. The summed E-state index contributed by atoms with van der Waals surface area (Å²) in [6, 6.07) is 7.84. The maximum Gasteiger partial charge on any atom is 0.153 e. The maximum atomic E-state index is 11.6. The lowest BCUT2D eigenvalue weighted by molar-refractivity contribution is 0.340. The molecule has 114 valence electrons. The molecule has 0 aliphatic carbocycles. The maximum absolute atomic E-state index is 11.6. The van der Waals surface area contributed by atoms with Crippen LogP contribution in [-0.4, -0.2) is 32.6 Å². The van der Waals surface area contributed by atoms with E-state index < -0.39 is 9.84 Å². The number of rotatable bonds is 9. The van der Waals surface area contributed by atoms with Crippen LogP contribution in [0.1, 0.15) is 32.3 Å². The summed E-state index contributed by atoms with van der Waals surface area (Å²) in [7, 11) is -2.98. The predicted molar refractivity (Wildman–Crippen MR) is 82.9 cm³/mol. The van der Waals surface area contributed by atoms with Gasteiger partial charge in [0.15, 0.2) is 9.84 Å². The topological polar surface area (TPSA) is 69.4 Å². The number of sulfone groups is 1. The Morgan fingerprint density at radius 2 is 2.00 bits per heavy atom. The van der Waals surface area contributed by atoms with Crippen molar-refractivity contribution in [3.8, 4) is 5.75 Å². The predicted octanol–water partition coefficient (Wildman–Crippen LogP) is 2.17. The van der Waals surface area contributed by atoms with Gasteiger partial charge in [-0.2, -0.15) is 0 Å². The Balaban J connectivity index is 2.50. The highest BCUT2D eigenvalue weighted by molar-refractivity contribution is 7.91. The molecule has 0 fully saturated rings. The van der Waals surface area contributed by atoms with Gasteiger partial charge in [0, 0.05) is 6.04 Å². The SMILES string of the molecule is CCCS(=O)(=O)CCOc1cccc(CC(N)CC)c1. The normalized spacial score (nSPS) is 13.2. The van der Waals surface area contributed by atoms with Gasteiger partial charge in [0.1, 0.15) is 12.4 Å².